The van der Waals surface area contributed by atoms with Gasteiger partial charge in [0.05, 0.1) is 22.9 Å². The van der Waals surface area contributed by atoms with Crippen LogP contribution >= 0.6 is 23.2 Å². The number of benzene rings is 2. The molecule has 0 aliphatic rings. The molecule has 6 heteroatoms. The van der Waals surface area contributed by atoms with E-state index in [2.05, 4.69) is 5.32 Å². The van der Waals surface area contributed by atoms with Crippen LogP contribution < -0.4 is 15.8 Å². The highest BCUT2D eigenvalue weighted by molar-refractivity contribution is 6.37. The van der Waals surface area contributed by atoms with Gasteiger partial charge in [0.25, 0.3) is 5.91 Å². The zero-order chi connectivity index (χ0) is 15.4. The molecule has 0 bridgehead atoms. The van der Waals surface area contributed by atoms with Crippen LogP contribution in [-0.4, -0.2) is 12.5 Å². The minimum absolute atomic E-state index is 0.292. The van der Waals surface area contributed by atoms with Gasteiger partial charge in [0.1, 0.15) is 5.75 Å². The fourth-order valence-corrected chi connectivity index (χ4v) is 2.26. The van der Waals surface area contributed by atoms with Crippen LogP contribution in [0.1, 0.15) is 17.3 Å². The van der Waals surface area contributed by atoms with E-state index in [1.54, 1.807) is 30.3 Å². The van der Waals surface area contributed by atoms with Crippen LogP contribution in [0.2, 0.25) is 10.0 Å². The lowest BCUT2D eigenvalue weighted by Crippen LogP contribution is -2.12. The Morgan fingerprint density at radius 2 is 2.00 bits per heavy atom. The standard InChI is InChI=1S/C15H14Cl2N2O2/c1-2-21-14-8-10(4-6-13(14)18)19-15(20)11-5-3-9(16)7-12(11)17/h3-8H,2,18H2,1H3,(H,19,20). The molecular formula is C15H14Cl2N2O2. The zero-order valence-electron chi connectivity index (χ0n) is 11.3. The van der Waals surface area contributed by atoms with Crippen molar-refractivity contribution in [1.29, 1.82) is 0 Å². The summed E-state index contributed by atoms with van der Waals surface area (Å²) in [5.74, 6) is 0.196. The number of amides is 1. The monoisotopic (exact) mass is 324 g/mol. The number of carbonyl (C=O) groups is 1. The molecular weight excluding hydrogens is 311 g/mol. The third-order valence-corrected chi connectivity index (χ3v) is 3.29. The highest BCUT2D eigenvalue weighted by Crippen LogP contribution is 2.27. The minimum atomic E-state index is -0.330. The van der Waals surface area contributed by atoms with E-state index in [1.807, 2.05) is 6.92 Å². The summed E-state index contributed by atoms with van der Waals surface area (Å²) in [6.45, 7) is 2.35. The Bertz CT molecular complexity index is 675. The summed E-state index contributed by atoms with van der Waals surface area (Å²) < 4.78 is 5.38. The molecule has 0 atom stereocenters. The van der Waals surface area contributed by atoms with Crippen molar-refractivity contribution in [2.75, 3.05) is 17.7 Å². The quantitative estimate of drug-likeness (QED) is 0.827. The summed E-state index contributed by atoms with van der Waals surface area (Å²) in [7, 11) is 0. The number of halogens is 2. The Labute approximate surface area is 132 Å². The molecule has 0 aromatic heterocycles. The Kier molecular flexibility index (Phi) is 4.94. The van der Waals surface area contributed by atoms with E-state index in [-0.39, 0.29) is 5.91 Å². The van der Waals surface area contributed by atoms with E-state index in [4.69, 9.17) is 33.7 Å². The maximum absolute atomic E-state index is 12.2. The molecule has 110 valence electrons. The maximum atomic E-state index is 12.2. The zero-order valence-corrected chi connectivity index (χ0v) is 12.8. The van der Waals surface area contributed by atoms with Crippen LogP contribution in [0.3, 0.4) is 0 Å². The molecule has 0 aliphatic carbocycles. The van der Waals surface area contributed by atoms with Crippen LogP contribution in [0.4, 0.5) is 11.4 Å². The van der Waals surface area contributed by atoms with Gasteiger partial charge in [0.2, 0.25) is 0 Å². The average molecular weight is 325 g/mol. The Morgan fingerprint density at radius 1 is 1.24 bits per heavy atom. The Hall–Kier alpha value is -1.91. The lowest BCUT2D eigenvalue weighted by molar-refractivity contribution is 0.102. The van der Waals surface area contributed by atoms with Crippen LogP contribution in [0.25, 0.3) is 0 Å². The van der Waals surface area contributed by atoms with Crippen molar-refractivity contribution < 1.29 is 9.53 Å². The van der Waals surface area contributed by atoms with Gasteiger partial charge in [-0.15, -0.1) is 0 Å². The fourth-order valence-electron chi connectivity index (χ4n) is 1.76. The molecule has 0 saturated carbocycles. The first-order valence-electron chi connectivity index (χ1n) is 6.30. The van der Waals surface area contributed by atoms with E-state index in [0.29, 0.717) is 39.3 Å². The summed E-state index contributed by atoms with van der Waals surface area (Å²) in [6.07, 6.45) is 0. The minimum Gasteiger partial charge on any atom is -0.492 e. The van der Waals surface area contributed by atoms with Gasteiger partial charge in [0.15, 0.2) is 0 Å². The molecule has 0 unspecified atom stereocenters. The molecule has 0 heterocycles. The van der Waals surface area contributed by atoms with Gasteiger partial charge in [0, 0.05) is 16.8 Å². The predicted octanol–water partition coefficient (Wildman–Crippen LogP) is 4.23. The first kappa shape index (κ1) is 15.5. The number of nitrogens with one attached hydrogen (secondary N) is 1. The van der Waals surface area contributed by atoms with Crippen LogP contribution in [0.5, 0.6) is 5.75 Å². The lowest BCUT2D eigenvalue weighted by atomic mass is 10.2. The molecule has 0 fully saturated rings. The third-order valence-electron chi connectivity index (χ3n) is 2.75. The molecule has 0 aliphatic heterocycles. The number of nitrogens with two attached hydrogens (primary N) is 1. The number of nitrogen functional groups attached to an aromatic ring is 1. The number of carbonyl (C=O) groups excluding carboxylic acids is 1. The second kappa shape index (κ2) is 6.70. The van der Waals surface area contributed by atoms with E-state index < -0.39 is 0 Å². The SMILES string of the molecule is CCOc1cc(NC(=O)c2ccc(Cl)cc2Cl)ccc1N. The van der Waals surface area contributed by atoms with E-state index in [0.717, 1.165) is 0 Å². The van der Waals surface area contributed by atoms with Gasteiger partial charge >= 0.3 is 0 Å². The largest absolute Gasteiger partial charge is 0.492 e. The van der Waals surface area contributed by atoms with Crippen molar-refractivity contribution >= 4 is 40.5 Å². The van der Waals surface area contributed by atoms with Crippen molar-refractivity contribution in [3.05, 3.63) is 52.0 Å². The Morgan fingerprint density at radius 3 is 2.67 bits per heavy atom. The highest BCUT2D eigenvalue weighted by atomic mass is 35.5. The maximum Gasteiger partial charge on any atom is 0.257 e. The molecule has 2 aromatic carbocycles. The van der Waals surface area contributed by atoms with Crippen molar-refractivity contribution in [3.8, 4) is 5.75 Å². The van der Waals surface area contributed by atoms with Crippen molar-refractivity contribution in [1.82, 2.24) is 0 Å². The van der Waals surface area contributed by atoms with E-state index >= 15 is 0 Å². The molecule has 1 amide bonds. The second-order valence-corrected chi connectivity index (χ2v) is 5.11. The van der Waals surface area contributed by atoms with Crippen LogP contribution in [0, 0.1) is 0 Å². The Balaban J connectivity index is 2.21. The normalized spacial score (nSPS) is 10.2. The topological polar surface area (TPSA) is 64.3 Å². The summed E-state index contributed by atoms with van der Waals surface area (Å²) in [6, 6.07) is 9.73. The molecule has 0 saturated heterocycles. The first-order valence-corrected chi connectivity index (χ1v) is 7.05. The molecule has 21 heavy (non-hydrogen) atoms. The lowest BCUT2D eigenvalue weighted by Gasteiger charge is -2.11. The molecule has 4 nitrogen and oxygen atoms in total. The van der Waals surface area contributed by atoms with Gasteiger partial charge < -0.3 is 15.8 Å². The van der Waals surface area contributed by atoms with E-state index in [1.165, 1.54) is 6.07 Å². The molecule has 3 N–H and O–H groups in total. The first-order chi connectivity index (χ1) is 10.0. The summed E-state index contributed by atoms with van der Waals surface area (Å²) in [5, 5.41) is 3.51. The number of ether oxygens (including phenoxy) is 1. The molecule has 2 aromatic rings. The second-order valence-electron chi connectivity index (χ2n) is 4.26. The van der Waals surface area contributed by atoms with Crippen molar-refractivity contribution in [2.45, 2.75) is 6.92 Å². The van der Waals surface area contributed by atoms with Crippen LogP contribution in [0.15, 0.2) is 36.4 Å². The number of hydrogen-bond donors (Lipinski definition) is 2. The van der Waals surface area contributed by atoms with Gasteiger partial charge in [-0.2, -0.15) is 0 Å². The molecule has 0 radical (unpaired) electrons. The predicted molar refractivity (Wildman–Crippen MR) is 86.4 cm³/mol. The van der Waals surface area contributed by atoms with Crippen molar-refractivity contribution in [2.24, 2.45) is 0 Å². The van der Waals surface area contributed by atoms with Gasteiger partial charge in [-0.3, -0.25) is 4.79 Å². The summed E-state index contributed by atoms with van der Waals surface area (Å²) in [5.41, 5.74) is 7.21. The number of anilines is 2. The smallest absolute Gasteiger partial charge is 0.257 e. The summed E-state index contributed by atoms with van der Waals surface area (Å²) >= 11 is 11.8. The van der Waals surface area contributed by atoms with E-state index in [9.17, 15) is 4.79 Å². The van der Waals surface area contributed by atoms with Crippen LogP contribution in [-0.2, 0) is 0 Å². The van der Waals surface area contributed by atoms with Gasteiger partial charge in [-0.05, 0) is 37.3 Å². The number of hydrogen-bond acceptors (Lipinski definition) is 3. The number of rotatable bonds is 4. The van der Waals surface area contributed by atoms with Crippen molar-refractivity contribution in [3.63, 3.8) is 0 Å². The fraction of sp³-hybridized carbons (Fsp3) is 0.133. The molecule has 0 spiro atoms. The average Bonchev–Trinajstić information content (AvgIpc) is 2.42. The third kappa shape index (κ3) is 3.80. The van der Waals surface area contributed by atoms with Gasteiger partial charge in [-0.25, -0.2) is 0 Å². The highest BCUT2D eigenvalue weighted by Gasteiger charge is 2.12. The van der Waals surface area contributed by atoms with Gasteiger partial charge in [-0.1, -0.05) is 23.2 Å². The summed E-state index contributed by atoms with van der Waals surface area (Å²) in [4.78, 5) is 12.2. The molecule has 2 rings (SSSR count).